The molecule has 0 saturated carbocycles. The molecule has 0 aromatic heterocycles. The Balaban J connectivity index is 1.89. The molecule has 1 aliphatic heterocycles. The number of benzene rings is 1. The maximum absolute atomic E-state index is 12.6. The van der Waals surface area contributed by atoms with Crippen molar-refractivity contribution >= 4 is 17.3 Å². The number of amides is 1. The monoisotopic (exact) mass is 294 g/mol. The lowest BCUT2D eigenvalue weighted by molar-refractivity contribution is -0.114. The van der Waals surface area contributed by atoms with Crippen molar-refractivity contribution < 1.29 is 9.90 Å². The van der Waals surface area contributed by atoms with Crippen molar-refractivity contribution in [3.63, 3.8) is 0 Å². The standard InChI is InChI=1S/C18H18N2O2/c1-12-10-14(8-9-17(12)21)11-16-13(2)19-20(18(16)22)15-6-4-3-5-7-15/h3-12,17,21H,1-2H3/b16-11+. The van der Waals surface area contributed by atoms with Gasteiger partial charge in [0.25, 0.3) is 5.91 Å². The molecular weight excluding hydrogens is 276 g/mol. The minimum atomic E-state index is -0.461. The Morgan fingerprint density at radius 1 is 1.27 bits per heavy atom. The molecule has 3 rings (SSSR count). The molecule has 1 N–H and O–H groups in total. The van der Waals surface area contributed by atoms with Crippen LogP contribution in [0.5, 0.6) is 0 Å². The molecule has 4 nitrogen and oxygen atoms in total. The lowest BCUT2D eigenvalue weighted by atomic mass is 9.94. The summed E-state index contributed by atoms with van der Waals surface area (Å²) in [6.45, 7) is 3.78. The molecule has 0 fully saturated rings. The molecule has 22 heavy (non-hydrogen) atoms. The fourth-order valence-corrected chi connectivity index (χ4v) is 2.53. The average Bonchev–Trinajstić information content (AvgIpc) is 2.80. The second-order valence-electron chi connectivity index (χ2n) is 5.57. The number of hydrogen-bond acceptors (Lipinski definition) is 3. The van der Waals surface area contributed by atoms with Crippen LogP contribution in [0.15, 0.2) is 70.9 Å². The van der Waals surface area contributed by atoms with E-state index in [1.54, 1.807) is 6.08 Å². The number of nitrogens with zero attached hydrogens (tertiary/aromatic N) is 2. The Kier molecular flexibility index (Phi) is 3.77. The van der Waals surface area contributed by atoms with Crippen molar-refractivity contribution in [3.05, 3.63) is 65.8 Å². The first-order chi connectivity index (χ1) is 10.6. The summed E-state index contributed by atoms with van der Waals surface area (Å²) in [5.74, 6) is -0.0902. The summed E-state index contributed by atoms with van der Waals surface area (Å²) < 4.78 is 0. The Bertz CT molecular complexity index is 714. The number of rotatable bonds is 2. The van der Waals surface area contributed by atoms with E-state index >= 15 is 0 Å². The van der Waals surface area contributed by atoms with Gasteiger partial charge < -0.3 is 5.11 Å². The number of aliphatic hydroxyl groups is 1. The maximum atomic E-state index is 12.6. The second-order valence-corrected chi connectivity index (χ2v) is 5.57. The molecule has 2 atom stereocenters. The highest BCUT2D eigenvalue weighted by atomic mass is 16.3. The minimum Gasteiger partial charge on any atom is -0.388 e. The molecule has 2 unspecified atom stereocenters. The van der Waals surface area contributed by atoms with Crippen LogP contribution in [-0.2, 0) is 4.79 Å². The topological polar surface area (TPSA) is 52.9 Å². The Labute approximate surface area is 129 Å². The van der Waals surface area contributed by atoms with Gasteiger partial charge in [-0.1, -0.05) is 43.4 Å². The predicted molar refractivity (Wildman–Crippen MR) is 87.5 cm³/mol. The van der Waals surface area contributed by atoms with Crippen LogP contribution in [0.25, 0.3) is 0 Å². The molecule has 0 saturated heterocycles. The molecule has 0 radical (unpaired) electrons. The van der Waals surface area contributed by atoms with Crippen molar-refractivity contribution in [2.24, 2.45) is 11.0 Å². The zero-order chi connectivity index (χ0) is 15.7. The number of para-hydroxylation sites is 1. The first-order valence-electron chi connectivity index (χ1n) is 7.31. The van der Waals surface area contributed by atoms with Crippen LogP contribution >= 0.6 is 0 Å². The van der Waals surface area contributed by atoms with Crippen LogP contribution in [-0.4, -0.2) is 22.8 Å². The van der Waals surface area contributed by atoms with Gasteiger partial charge in [-0.05, 0) is 30.7 Å². The lowest BCUT2D eigenvalue weighted by Gasteiger charge is -2.16. The molecule has 2 aliphatic rings. The van der Waals surface area contributed by atoms with E-state index in [0.29, 0.717) is 11.3 Å². The predicted octanol–water partition coefficient (Wildman–Crippen LogP) is 2.83. The van der Waals surface area contributed by atoms with E-state index in [0.717, 1.165) is 11.3 Å². The molecule has 1 amide bonds. The highest BCUT2D eigenvalue weighted by Crippen LogP contribution is 2.25. The second kappa shape index (κ2) is 5.73. The molecule has 1 heterocycles. The van der Waals surface area contributed by atoms with Crippen molar-refractivity contribution in [3.8, 4) is 0 Å². The first-order valence-corrected chi connectivity index (χ1v) is 7.31. The molecule has 0 bridgehead atoms. The van der Waals surface area contributed by atoms with Crippen molar-refractivity contribution in [2.75, 3.05) is 5.01 Å². The van der Waals surface area contributed by atoms with Gasteiger partial charge in [0, 0.05) is 5.92 Å². The molecular formula is C18H18N2O2. The van der Waals surface area contributed by atoms with Gasteiger partial charge in [0.05, 0.1) is 23.1 Å². The van der Waals surface area contributed by atoms with E-state index in [2.05, 4.69) is 5.10 Å². The van der Waals surface area contributed by atoms with E-state index in [4.69, 9.17) is 0 Å². The van der Waals surface area contributed by atoms with E-state index in [-0.39, 0.29) is 11.8 Å². The quantitative estimate of drug-likeness (QED) is 0.853. The SMILES string of the molecule is CC1=NN(c2ccccc2)C(=O)/C1=C/C1=CC(C)C(O)C=C1. The third-order valence-electron chi connectivity index (χ3n) is 3.85. The molecule has 1 aromatic carbocycles. The number of hydrogen-bond donors (Lipinski definition) is 1. The van der Waals surface area contributed by atoms with Crippen LogP contribution in [0, 0.1) is 5.92 Å². The number of carbonyl (C=O) groups is 1. The van der Waals surface area contributed by atoms with Gasteiger partial charge in [0.15, 0.2) is 0 Å². The summed E-state index contributed by atoms with van der Waals surface area (Å²) in [4.78, 5) is 12.6. The zero-order valence-electron chi connectivity index (χ0n) is 12.6. The van der Waals surface area contributed by atoms with E-state index in [1.807, 2.05) is 62.4 Å². The number of anilines is 1. The van der Waals surface area contributed by atoms with Gasteiger partial charge in [-0.2, -0.15) is 10.1 Å². The Hall–Kier alpha value is -2.46. The molecule has 112 valence electrons. The van der Waals surface area contributed by atoms with Gasteiger partial charge >= 0.3 is 0 Å². The summed E-state index contributed by atoms with van der Waals surface area (Å²) in [6.07, 6.45) is 6.92. The lowest BCUT2D eigenvalue weighted by Crippen LogP contribution is -2.21. The third kappa shape index (κ3) is 2.65. The van der Waals surface area contributed by atoms with Gasteiger partial charge in [-0.25, -0.2) is 0 Å². The highest BCUT2D eigenvalue weighted by molar-refractivity contribution is 6.30. The van der Waals surface area contributed by atoms with Crippen molar-refractivity contribution in [1.82, 2.24) is 0 Å². The van der Waals surface area contributed by atoms with E-state index < -0.39 is 6.10 Å². The van der Waals surface area contributed by atoms with Crippen LogP contribution in [0.2, 0.25) is 0 Å². The van der Waals surface area contributed by atoms with Gasteiger partial charge in [0.2, 0.25) is 0 Å². The highest BCUT2D eigenvalue weighted by Gasteiger charge is 2.28. The average molecular weight is 294 g/mol. The van der Waals surface area contributed by atoms with Crippen molar-refractivity contribution in [2.45, 2.75) is 20.0 Å². The summed E-state index contributed by atoms with van der Waals surface area (Å²) in [6, 6.07) is 9.38. The van der Waals surface area contributed by atoms with Gasteiger partial charge in [-0.15, -0.1) is 0 Å². The van der Waals surface area contributed by atoms with Crippen LogP contribution in [0.1, 0.15) is 13.8 Å². The maximum Gasteiger partial charge on any atom is 0.280 e. The molecule has 0 spiro atoms. The minimum absolute atomic E-state index is 0.0378. The summed E-state index contributed by atoms with van der Waals surface area (Å²) in [5.41, 5.74) is 2.96. The van der Waals surface area contributed by atoms with Crippen LogP contribution in [0.3, 0.4) is 0 Å². The van der Waals surface area contributed by atoms with Crippen LogP contribution < -0.4 is 5.01 Å². The Morgan fingerprint density at radius 3 is 2.68 bits per heavy atom. The number of aliphatic hydroxyl groups excluding tert-OH is 1. The van der Waals surface area contributed by atoms with Gasteiger partial charge in [-0.3, -0.25) is 4.79 Å². The van der Waals surface area contributed by atoms with E-state index in [9.17, 15) is 9.90 Å². The summed E-state index contributed by atoms with van der Waals surface area (Å²) in [5, 5.41) is 15.5. The molecule has 4 heteroatoms. The normalized spacial score (nSPS) is 26.4. The number of allylic oxidation sites excluding steroid dienone is 3. The fourth-order valence-electron chi connectivity index (χ4n) is 2.53. The smallest absolute Gasteiger partial charge is 0.280 e. The van der Waals surface area contributed by atoms with Crippen molar-refractivity contribution in [1.29, 1.82) is 0 Å². The molecule has 1 aromatic rings. The summed E-state index contributed by atoms with van der Waals surface area (Å²) in [7, 11) is 0. The van der Waals surface area contributed by atoms with Crippen LogP contribution in [0.4, 0.5) is 5.69 Å². The number of carbonyl (C=O) groups excluding carboxylic acids is 1. The largest absolute Gasteiger partial charge is 0.388 e. The summed E-state index contributed by atoms with van der Waals surface area (Å²) >= 11 is 0. The van der Waals surface area contributed by atoms with Gasteiger partial charge in [0.1, 0.15) is 0 Å². The first kappa shape index (κ1) is 14.5. The molecule has 1 aliphatic carbocycles. The zero-order valence-corrected chi connectivity index (χ0v) is 12.6. The third-order valence-corrected chi connectivity index (χ3v) is 3.85. The van der Waals surface area contributed by atoms with E-state index in [1.165, 1.54) is 5.01 Å². The Morgan fingerprint density at radius 2 is 2.00 bits per heavy atom. The fraction of sp³-hybridized carbons (Fsp3) is 0.222. The number of hydrazone groups is 1.